The van der Waals surface area contributed by atoms with E-state index in [0.717, 1.165) is 11.3 Å². The lowest BCUT2D eigenvalue weighted by Crippen LogP contribution is -2.07. The summed E-state index contributed by atoms with van der Waals surface area (Å²) in [5.41, 5.74) is 2.37. The monoisotopic (exact) mass is 335 g/mol. The van der Waals surface area contributed by atoms with E-state index >= 15 is 0 Å². The van der Waals surface area contributed by atoms with Crippen LogP contribution in [-0.2, 0) is 0 Å². The largest absolute Gasteiger partial charge is 0.369 e. The number of nitrogens with zero attached hydrogens (tertiary/aromatic N) is 2. The Morgan fingerprint density at radius 3 is 2.36 bits per heavy atom. The van der Waals surface area contributed by atoms with E-state index in [-0.39, 0.29) is 11.6 Å². The summed E-state index contributed by atoms with van der Waals surface area (Å²) >= 11 is 0. The lowest BCUT2D eigenvalue weighted by Gasteiger charge is -2.06. The number of hydrogen-bond acceptors (Lipinski definition) is 4. The molecule has 0 aliphatic carbocycles. The molecule has 1 aromatic heterocycles. The highest BCUT2D eigenvalue weighted by molar-refractivity contribution is 5.95. The average Bonchev–Trinajstić information content (AvgIpc) is 2.67. The van der Waals surface area contributed by atoms with Crippen molar-refractivity contribution in [1.82, 2.24) is 10.2 Å². The van der Waals surface area contributed by atoms with Crippen LogP contribution in [0.25, 0.3) is 11.3 Å². The second kappa shape index (κ2) is 8.15. The minimum atomic E-state index is -0.337. The van der Waals surface area contributed by atoms with Crippen LogP contribution < -0.4 is 5.32 Å². The molecule has 0 amide bonds. The van der Waals surface area contributed by atoms with Crippen LogP contribution in [0.4, 0.5) is 10.2 Å². The van der Waals surface area contributed by atoms with E-state index in [2.05, 4.69) is 15.5 Å². The molecule has 0 aliphatic heterocycles. The van der Waals surface area contributed by atoms with Gasteiger partial charge < -0.3 is 5.32 Å². The van der Waals surface area contributed by atoms with Crippen LogP contribution in [0.15, 0.2) is 66.7 Å². The molecule has 25 heavy (non-hydrogen) atoms. The molecule has 4 nitrogen and oxygen atoms in total. The van der Waals surface area contributed by atoms with Crippen molar-refractivity contribution in [2.24, 2.45) is 0 Å². The number of benzene rings is 2. The number of anilines is 1. The van der Waals surface area contributed by atoms with Crippen molar-refractivity contribution < 1.29 is 9.18 Å². The van der Waals surface area contributed by atoms with Crippen LogP contribution in [0.3, 0.4) is 0 Å². The minimum Gasteiger partial charge on any atom is -0.369 e. The molecule has 0 aliphatic rings. The first-order valence-electron chi connectivity index (χ1n) is 8.14. The summed E-state index contributed by atoms with van der Waals surface area (Å²) in [5.74, 6) is 0.344. The van der Waals surface area contributed by atoms with Crippen LogP contribution in [0.5, 0.6) is 0 Å². The first-order chi connectivity index (χ1) is 12.2. The Kier molecular flexibility index (Phi) is 5.46. The highest BCUT2D eigenvalue weighted by atomic mass is 19.1. The van der Waals surface area contributed by atoms with Crippen molar-refractivity contribution in [2.45, 2.75) is 12.8 Å². The fourth-order valence-electron chi connectivity index (χ4n) is 2.43. The molecule has 3 rings (SSSR count). The molecule has 0 spiro atoms. The highest BCUT2D eigenvalue weighted by Gasteiger charge is 2.06. The molecular weight excluding hydrogens is 317 g/mol. The van der Waals surface area contributed by atoms with Crippen molar-refractivity contribution in [1.29, 1.82) is 0 Å². The molecule has 0 saturated carbocycles. The molecule has 1 heterocycles. The van der Waals surface area contributed by atoms with Gasteiger partial charge in [0.05, 0.1) is 5.69 Å². The first kappa shape index (κ1) is 16.8. The molecule has 126 valence electrons. The zero-order valence-electron chi connectivity index (χ0n) is 13.7. The number of carbonyl (C=O) groups excluding carboxylic acids is 1. The molecular formula is C20H18FN3O. The quantitative estimate of drug-likeness (QED) is 0.515. The smallest absolute Gasteiger partial charge is 0.162 e. The molecule has 0 fully saturated rings. The number of halogens is 1. The van der Waals surface area contributed by atoms with Crippen LogP contribution in [0.1, 0.15) is 23.2 Å². The number of rotatable bonds is 7. The number of nitrogens with one attached hydrogen (secondary N) is 1. The Hall–Kier alpha value is -3.08. The zero-order chi connectivity index (χ0) is 17.5. The fourth-order valence-corrected chi connectivity index (χ4v) is 2.43. The summed E-state index contributed by atoms with van der Waals surface area (Å²) in [7, 11) is 0. The SMILES string of the molecule is O=C(CCCNc1ccc(-c2ccccc2)nn1)c1ccc(F)cc1. The van der Waals surface area contributed by atoms with Crippen LogP contribution >= 0.6 is 0 Å². The van der Waals surface area contributed by atoms with Gasteiger partial charge in [-0.3, -0.25) is 4.79 Å². The Labute approximate surface area is 145 Å². The molecule has 5 heteroatoms. The summed E-state index contributed by atoms with van der Waals surface area (Å²) in [4.78, 5) is 12.0. The van der Waals surface area contributed by atoms with Gasteiger partial charge in [0.1, 0.15) is 11.6 Å². The van der Waals surface area contributed by atoms with Gasteiger partial charge in [-0.25, -0.2) is 4.39 Å². The van der Waals surface area contributed by atoms with Crippen LogP contribution in [-0.4, -0.2) is 22.5 Å². The Morgan fingerprint density at radius 2 is 1.68 bits per heavy atom. The predicted octanol–water partition coefficient (Wildman–Crippen LogP) is 4.36. The van der Waals surface area contributed by atoms with Crippen LogP contribution in [0, 0.1) is 5.82 Å². The third kappa shape index (κ3) is 4.70. The van der Waals surface area contributed by atoms with Gasteiger partial charge in [-0.1, -0.05) is 30.3 Å². The van der Waals surface area contributed by atoms with E-state index < -0.39 is 0 Å². The molecule has 0 atom stereocenters. The van der Waals surface area contributed by atoms with E-state index in [1.165, 1.54) is 24.3 Å². The molecule has 2 aromatic carbocycles. The van der Waals surface area contributed by atoms with Gasteiger partial charge in [-0.15, -0.1) is 10.2 Å². The summed E-state index contributed by atoms with van der Waals surface area (Å²) in [6.45, 7) is 0.617. The second-order valence-electron chi connectivity index (χ2n) is 5.63. The summed E-state index contributed by atoms with van der Waals surface area (Å²) in [5, 5.41) is 11.5. The molecule has 0 radical (unpaired) electrons. The minimum absolute atomic E-state index is 0.00677. The normalized spacial score (nSPS) is 10.4. The average molecular weight is 335 g/mol. The van der Waals surface area contributed by atoms with Crippen LogP contribution in [0.2, 0.25) is 0 Å². The lowest BCUT2D eigenvalue weighted by atomic mass is 10.1. The number of Topliss-reactive ketones (excluding diaryl/α,β-unsaturated/α-hetero) is 1. The Morgan fingerprint density at radius 1 is 0.920 bits per heavy atom. The first-order valence-corrected chi connectivity index (χ1v) is 8.14. The Balaban J connectivity index is 1.46. The van der Waals surface area contributed by atoms with Gasteiger partial charge in [0.25, 0.3) is 0 Å². The lowest BCUT2D eigenvalue weighted by molar-refractivity contribution is 0.0981. The summed E-state index contributed by atoms with van der Waals surface area (Å²) in [6.07, 6.45) is 1.06. The van der Waals surface area contributed by atoms with E-state index in [1.807, 2.05) is 42.5 Å². The maximum atomic E-state index is 12.8. The number of carbonyl (C=O) groups is 1. The molecule has 1 N–H and O–H groups in total. The molecule has 0 unspecified atom stereocenters. The van der Waals surface area contributed by atoms with E-state index in [1.54, 1.807) is 0 Å². The van der Waals surface area contributed by atoms with E-state index in [0.29, 0.717) is 30.8 Å². The molecule has 3 aromatic rings. The standard InChI is InChI=1S/C20H18FN3O/c21-17-10-8-16(9-11-17)19(25)7-4-14-22-20-13-12-18(23-24-20)15-5-2-1-3-6-15/h1-3,5-6,8-13H,4,7,14H2,(H,22,24). The van der Waals surface area contributed by atoms with Gasteiger partial charge >= 0.3 is 0 Å². The Bertz CT molecular complexity index is 818. The number of hydrogen-bond donors (Lipinski definition) is 1. The van der Waals surface area contributed by atoms with Gasteiger partial charge in [-0.2, -0.15) is 0 Å². The van der Waals surface area contributed by atoms with Crippen molar-refractivity contribution in [3.63, 3.8) is 0 Å². The number of aromatic nitrogens is 2. The molecule has 0 saturated heterocycles. The van der Waals surface area contributed by atoms with E-state index in [9.17, 15) is 9.18 Å². The molecule has 0 bridgehead atoms. The maximum Gasteiger partial charge on any atom is 0.162 e. The van der Waals surface area contributed by atoms with Crippen molar-refractivity contribution in [2.75, 3.05) is 11.9 Å². The van der Waals surface area contributed by atoms with Crippen molar-refractivity contribution in [3.05, 3.63) is 78.1 Å². The topological polar surface area (TPSA) is 54.9 Å². The second-order valence-corrected chi connectivity index (χ2v) is 5.63. The maximum absolute atomic E-state index is 12.8. The van der Waals surface area contributed by atoms with Gasteiger partial charge in [-0.05, 0) is 42.8 Å². The summed E-state index contributed by atoms with van der Waals surface area (Å²) in [6, 6.07) is 19.3. The van der Waals surface area contributed by atoms with Gasteiger partial charge in [0.2, 0.25) is 0 Å². The fraction of sp³-hybridized carbons (Fsp3) is 0.150. The van der Waals surface area contributed by atoms with Gasteiger partial charge in [0, 0.05) is 24.1 Å². The van der Waals surface area contributed by atoms with Crippen molar-refractivity contribution in [3.8, 4) is 11.3 Å². The predicted molar refractivity (Wildman–Crippen MR) is 95.9 cm³/mol. The number of ketones is 1. The van der Waals surface area contributed by atoms with E-state index in [4.69, 9.17) is 0 Å². The van der Waals surface area contributed by atoms with Crippen molar-refractivity contribution >= 4 is 11.6 Å². The third-order valence-electron chi connectivity index (χ3n) is 3.79. The zero-order valence-corrected chi connectivity index (χ0v) is 13.7. The van der Waals surface area contributed by atoms with Gasteiger partial charge in [0.15, 0.2) is 5.78 Å². The third-order valence-corrected chi connectivity index (χ3v) is 3.79. The highest BCUT2D eigenvalue weighted by Crippen LogP contribution is 2.16. The summed E-state index contributed by atoms with van der Waals surface area (Å²) < 4.78 is 12.8.